The summed E-state index contributed by atoms with van der Waals surface area (Å²) in [4.78, 5) is 0. The lowest BCUT2D eigenvalue weighted by Gasteiger charge is -2.12. The highest BCUT2D eigenvalue weighted by Gasteiger charge is 2.17. The molecule has 2 unspecified atom stereocenters. The average Bonchev–Trinajstić information content (AvgIpc) is 3.92. The first kappa shape index (κ1) is 55.0. The Bertz CT molecular complexity index is 2890. The van der Waals surface area contributed by atoms with Crippen molar-refractivity contribution in [3.8, 4) is 101 Å². The maximum Gasteiger partial charge on any atom is 0.231 e. The van der Waals surface area contributed by atoms with Gasteiger partial charge in [0.1, 0.15) is 23.0 Å². The molecule has 1 heterocycles. The molecule has 1 aliphatic heterocycles. The van der Waals surface area contributed by atoms with Crippen LogP contribution in [0.25, 0.3) is 66.8 Å². The number of hydrogen-bond donors (Lipinski definition) is 4. The molecular formula is C66H66O7S2. The van der Waals surface area contributed by atoms with E-state index >= 15 is 0 Å². The van der Waals surface area contributed by atoms with Crippen molar-refractivity contribution in [2.75, 3.05) is 12.5 Å². The lowest BCUT2D eigenvalue weighted by Crippen LogP contribution is -2.16. The number of unbranched alkanes of at least 4 members (excludes halogenated alkanes) is 5. The molecule has 9 aromatic rings. The van der Waals surface area contributed by atoms with Gasteiger partial charge in [-0.1, -0.05) is 198 Å². The number of phenols is 4. The molecule has 0 aromatic heterocycles. The molecule has 0 saturated heterocycles. The standard InChI is InChI=1S/2C24H18O2.C18H28O3S.H2S/c2*25-23-13-11-19(15-21(23)17-7-3-1-4-8-17)20-12-14-24(26)22(16-20)18-9-5-2-6-10-18;1-3-4-5-6-7-8-11-22(19)15(2)12-16-9-10-17-18(13-16)21-14-20-17;/h2*1-16,25-26H;9-10,13,15H,3-8,11-12,14H2,1-2H3;1H2. The molecule has 9 heteroatoms. The number of aromatic hydroxyl groups is 4. The summed E-state index contributed by atoms with van der Waals surface area (Å²) in [5.41, 5.74) is 12.1. The van der Waals surface area contributed by atoms with Gasteiger partial charge in [0.05, 0.1) is 0 Å². The third kappa shape index (κ3) is 15.0. The fraction of sp³-hybridized carbons (Fsp3) is 0.182. The second-order valence-corrected chi connectivity index (χ2v) is 20.4. The molecule has 4 N–H and O–H groups in total. The molecule has 0 fully saturated rings. The van der Waals surface area contributed by atoms with E-state index in [0.717, 1.165) is 96.9 Å². The Kier molecular flexibility index (Phi) is 20.2. The van der Waals surface area contributed by atoms with Crippen LogP contribution in [0.1, 0.15) is 57.9 Å². The zero-order valence-corrected chi connectivity index (χ0v) is 44.4. The molecule has 0 bridgehead atoms. The van der Waals surface area contributed by atoms with E-state index < -0.39 is 10.8 Å². The second kappa shape index (κ2) is 27.5. The van der Waals surface area contributed by atoms with E-state index in [9.17, 15) is 24.6 Å². The second-order valence-electron chi connectivity index (χ2n) is 18.4. The van der Waals surface area contributed by atoms with Gasteiger partial charge in [-0.2, -0.15) is 13.5 Å². The van der Waals surface area contributed by atoms with Crippen molar-refractivity contribution in [2.45, 2.75) is 64.0 Å². The lowest BCUT2D eigenvalue weighted by atomic mass is 9.95. The van der Waals surface area contributed by atoms with Crippen molar-refractivity contribution in [3.63, 3.8) is 0 Å². The van der Waals surface area contributed by atoms with Crippen molar-refractivity contribution < 1.29 is 34.1 Å². The quantitative estimate of drug-likeness (QED) is 0.0712. The predicted octanol–water partition coefficient (Wildman–Crippen LogP) is 16.8. The first-order valence-corrected chi connectivity index (χ1v) is 26.8. The van der Waals surface area contributed by atoms with Crippen LogP contribution in [0, 0.1) is 0 Å². The highest BCUT2D eigenvalue weighted by Crippen LogP contribution is 2.40. The monoisotopic (exact) mass is 1030 g/mol. The normalized spacial score (nSPS) is 12.0. The van der Waals surface area contributed by atoms with Gasteiger partial charge in [-0.3, -0.25) is 4.21 Å². The molecule has 75 heavy (non-hydrogen) atoms. The fourth-order valence-electron chi connectivity index (χ4n) is 8.98. The number of rotatable bonds is 16. The van der Waals surface area contributed by atoms with Crippen LogP contribution in [0.15, 0.2) is 212 Å². The Hall–Kier alpha value is -7.72. The van der Waals surface area contributed by atoms with Gasteiger partial charge in [0, 0.05) is 44.1 Å². The third-order valence-corrected chi connectivity index (χ3v) is 14.9. The summed E-state index contributed by atoms with van der Waals surface area (Å²) in [7, 11) is -0.743. The van der Waals surface area contributed by atoms with Gasteiger partial charge < -0.3 is 29.9 Å². The molecule has 7 nitrogen and oxygen atoms in total. The minimum absolute atomic E-state index is 0. The molecule has 0 spiro atoms. The minimum atomic E-state index is -0.743. The molecule has 384 valence electrons. The van der Waals surface area contributed by atoms with Crippen LogP contribution in [0.2, 0.25) is 0 Å². The zero-order valence-electron chi connectivity index (χ0n) is 42.6. The molecular weight excluding hydrogens is 969 g/mol. The number of ether oxygens (including phenoxy) is 2. The van der Waals surface area contributed by atoms with Gasteiger partial charge >= 0.3 is 0 Å². The van der Waals surface area contributed by atoms with E-state index in [-0.39, 0.29) is 41.7 Å². The summed E-state index contributed by atoms with van der Waals surface area (Å²) in [5.74, 6) is 3.46. The summed E-state index contributed by atoms with van der Waals surface area (Å²) < 4.78 is 23.0. The SMILES string of the molecule is CCCCCCCCS(=O)C(C)Cc1ccc2c(c1)OCO2.Oc1ccc(-c2ccc(O)c(-c3ccccc3)c2)cc1-c1ccccc1.Oc1ccc(-c2ccc(O)c(-c3ccccc3)c2)cc1-c1ccccc1.S. The van der Waals surface area contributed by atoms with Gasteiger partial charge in [-0.25, -0.2) is 0 Å². The van der Waals surface area contributed by atoms with Gasteiger partial charge in [0.25, 0.3) is 0 Å². The van der Waals surface area contributed by atoms with E-state index in [2.05, 4.69) is 13.8 Å². The van der Waals surface area contributed by atoms with Crippen LogP contribution in [-0.4, -0.2) is 42.4 Å². The van der Waals surface area contributed by atoms with E-state index in [4.69, 9.17) is 9.47 Å². The predicted molar refractivity (Wildman–Crippen MR) is 315 cm³/mol. The topological polar surface area (TPSA) is 116 Å². The van der Waals surface area contributed by atoms with Crippen LogP contribution in [0.4, 0.5) is 0 Å². The summed E-state index contributed by atoms with van der Waals surface area (Å²) in [6.07, 6.45) is 8.32. The van der Waals surface area contributed by atoms with E-state index in [0.29, 0.717) is 6.79 Å². The average molecular weight is 1040 g/mol. The Morgan fingerprint density at radius 3 is 1.13 bits per heavy atom. The van der Waals surface area contributed by atoms with Crippen LogP contribution in [0.5, 0.6) is 34.5 Å². The van der Waals surface area contributed by atoms with Crippen LogP contribution in [0.3, 0.4) is 0 Å². The highest BCUT2D eigenvalue weighted by molar-refractivity contribution is 7.85. The third-order valence-electron chi connectivity index (χ3n) is 13.1. The van der Waals surface area contributed by atoms with Crippen molar-refractivity contribution in [1.82, 2.24) is 0 Å². The minimum Gasteiger partial charge on any atom is -0.507 e. The number of phenolic OH excluding ortho intramolecular Hbond substituents is 4. The van der Waals surface area contributed by atoms with Crippen molar-refractivity contribution >= 4 is 24.3 Å². The van der Waals surface area contributed by atoms with Gasteiger partial charge in [0.15, 0.2) is 11.5 Å². The molecule has 0 radical (unpaired) electrons. The largest absolute Gasteiger partial charge is 0.507 e. The molecule has 0 aliphatic carbocycles. The van der Waals surface area contributed by atoms with Crippen molar-refractivity contribution in [2.24, 2.45) is 0 Å². The van der Waals surface area contributed by atoms with Gasteiger partial charge in [-0.05, 0) is 124 Å². The molecule has 9 aromatic carbocycles. The Balaban J connectivity index is 0.000000164. The maximum atomic E-state index is 12.3. The van der Waals surface area contributed by atoms with E-state index in [1.165, 1.54) is 37.7 Å². The Morgan fingerprint density at radius 1 is 0.413 bits per heavy atom. The highest BCUT2D eigenvalue weighted by atomic mass is 32.2. The number of fused-ring (bicyclic) bond motifs is 1. The fourth-order valence-corrected chi connectivity index (χ4v) is 10.2. The van der Waals surface area contributed by atoms with Crippen LogP contribution >= 0.6 is 13.5 Å². The molecule has 0 saturated carbocycles. The Morgan fingerprint density at radius 2 is 0.760 bits per heavy atom. The first-order valence-electron chi connectivity index (χ1n) is 25.5. The summed E-state index contributed by atoms with van der Waals surface area (Å²) >= 11 is 0. The van der Waals surface area contributed by atoms with Gasteiger partial charge in [0.2, 0.25) is 6.79 Å². The first-order chi connectivity index (χ1) is 36.1. The smallest absolute Gasteiger partial charge is 0.231 e. The van der Waals surface area contributed by atoms with Crippen molar-refractivity contribution in [1.29, 1.82) is 0 Å². The number of hydrogen-bond acceptors (Lipinski definition) is 7. The summed E-state index contributed by atoms with van der Waals surface area (Å²) in [6.45, 7) is 4.61. The summed E-state index contributed by atoms with van der Waals surface area (Å²) in [5, 5.41) is 41.3. The number of benzene rings is 9. The van der Waals surface area contributed by atoms with Crippen LogP contribution in [-0.2, 0) is 17.2 Å². The maximum absolute atomic E-state index is 12.3. The van der Waals surface area contributed by atoms with E-state index in [1.807, 2.05) is 188 Å². The van der Waals surface area contributed by atoms with E-state index in [1.54, 1.807) is 24.3 Å². The molecule has 0 amide bonds. The Labute approximate surface area is 451 Å². The van der Waals surface area contributed by atoms with Crippen molar-refractivity contribution in [3.05, 3.63) is 218 Å². The zero-order chi connectivity index (χ0) is 51.7. The lowest BCUT2D eigenvalue weighted by molar-refractivity contribution is 0.174. The van der Waals surface area contributed by atoms with Gasteiger partial charge in [-0.15, -0.1) is 0 Å². The molecule has 1 aliphatic rings. The molecule has 2 atom stereocenters. The van der Waals surface area contributed by atoms with Crippen LogP contribution < -0.4 is 9.47 Å². The summed E-state index contributed by atoms with van der Waals surface area (Å²) in [6, 6.07) is 67.6. The molecule has 10 rings (SSSR count).